The number of benzene rings is 1. The molecule has 0 radical (unpaired) electrons. The smallest absolute Gasteiger partial charge is 0.139 e. The molecule has 0 unspecified atom stereocenters. The van der Waals surface area contributed by atoms with Crippen LogP contribution in [0.1, 0.15) is 18.3 Å². The van der Waals surface area contributed by atoms with Gasteiger partial charge in [0.1, 0.15) is 17.5 Å². The quantitative estimate of drug-likeness (QED) is 0.891. The van der Waals surface area contributed by atoms with E-state index < -0.39 is 0 Å². The van der Waals surface area contributed by atoms with Crippen molar-refractivity contribution in [2.75, 3.05) is 11.1 Å². The number of hydrogen-bond acceptors (Lipinski definition) is 4. The molecule has 18 heavy (non-hydrogen) atoms. The largest absolute Gasteiger partial charge is 0.383 e. The Kier molecular flexibility index (Phi) is 3.67. The zero-order chi connectivity index (χ0) is 13.1. The van der Waals surface area contributed by atoms with E-state index in [0.717, 1.165) is 17.7 Å². The van der Waals surface area contributed by atoms with Crippen LogP contribution in [-0.4, -0.2) is 9.97 Å². The summed E-state index contributed by atoms with van der Waals surface area (Å²) in [4.78, 5) is 8.64. The first-order valence-corrected chi connectivity index (χ1v) is 6.14. The second kappa shape index (κ2) is 5.23. The minimum atomic E-state index is 0.497. The second-order valence-corrected chi connectivity index (χ2v) is 4.36. The number of halogens is 1. The van der Waals surface area contributed by atoms with Gasteiger partial charge in [-0.25, -0.2) is 9.97 Å². The summed E-state index contributed by atoms with van der Waals surface area (Å²) < 4.78 is 0. The van der Waals surface area contributed by atoms with Crippen LogP contribution in [0.15, 0.2) is 24.3 Å². The van der Waals surface area contributed by atoms with Gasteiger partial charge in [-0.05, 0) is 19.1 Å². The third kappa shape index (κ3) is 2.54. The van der Waals surface area contributed by atoms with Crippen molar-refractivity contribution in [3.8, 4) is 0 Å². The highest BCUT2D eigenvalue weighted by Gasteiger charge is 2.09. The molecule has 1 aromatic heterocycles. The third-order valence-corrected chi connectivity index (χ3v) is 3.00. The summed E-state index contributed by atoms with van der Waals surface area (Å²) in [5, 5.41) is 3.84. The summed E-state index contributed by atoms with van der Waals surface area (Å²) in [5.74, 6) is 1.91. The molecule has 2 rings (SSSR count). The van der Waals surface area contributed by atoms with Gasteiger partial charge in [0.2, 0.25) is 0 Å². The monoisotopic (exact) mass is 262 g/mol. The summed E-state index contributed by atoms with van der Waals surface area (Å²) in [6.07, 6.45) is 0.738. The summed E-state index contributed by atoms with van der Waals surface area (Å²) in [7, 11) is 0. The predicted molar refractivity (Wildman–Crippen MR) is 75.3 cm³/mol. The normalized spacial score (nSPS) is 10.4. The molecule has 0 bridgehead atoms. The van der Waals surface area contributed by atoms with Gasteiger partial charge in [0, 0.05) is 12.0 Å². The fourth-order valence-corrected chi connectivity index (χ4v) is 1.74. The molecule has 0 spiro atoms. The van der Waals surface area contributed by atoms with Crippen molar-refractivity contribution in [2.24, 2.45) is 0 Å². The van der Waals surface area contributed by atoms with E-state index in [-0.39, 0.29) is 0 Å². The number of rotatable bonds is 3. The van der Waals surface area contributed by atoms with Gasteiger partial charge in [-0.15, -0.1) is 0 Å². The number of anilines is 3. The van der Waals surface area contributed by atoms with Crippen LogP contribution >= 0.6 is 11.6 Å². The second-order valence-electron chi connectivity index (χ2n) is 3.96. The van der Waals surface area contributed by atoms with Crippen LogP contribution in [0.4, 0.5) is 17.3 Å². The van der Waals surface area contributed by atoms with E-state index in [1.54, 1.807) is 0 Å². The number of para-hydroxylation sites is 1. The lowest BCUT2D eigenvalue weighted by Gasteiger charge is -2.12. The first kappa shape index (κ1) is 12.6. The van der Waals surface area contributed by atoms with Gasteiger partial charge in [0.15, 0.2) is 0 Å². The van der Waals surface area contributed by atoms with Crippen LogP contribution in [-0.2, 0) is 6.42 Å². The summed E-state index contributed by atoms with van der Waals surface area (Å²) >= 11 is 6.10. The fraction of sp³-hybridized carbons (Fsp3) is 0.231. The van der Waals surface area contributed by atoms with Crippen molar-refractivity contribution < 1.29 is 0 Å². The molecule has 3 N–H and O–H groups in total. The third-order valence-electron chi connectivity index (χ3n) is 2.67. The lowest BCUT2D eigenvalue weighted by molar-refractivity contribution is 0.940. The average molecular weight is 263 g/mol. The Morgan fingerprint density at radius 2 is 2.00 bits per heavy atom. The van der Waals surface area contributed by atoms with Gasteiger partial charge in [0.05, 0.1) is 10.7 Å². The molecule has 0 fully saturated rings. The Balaban J connectivity index is 2.40. The van der Waals surface area contributed by atoms with E-state index in [9.17, 15) is 0 Å². The minimum Gasteiger partial charge on any atom is -0.383 e. The van der Waals surface area contributed by atoms with Crippen molar-refractivity contribution >= 4 is 28.9 Å². The van der Waals surface area contributed by atoms with E-state index in [1.807, 2.05) is 38.1 Å². The number of nitrogens with one attached hydrogen (secondary N) is 1. The molecule has 94 valence electrons. The Morgan fingerprint density at radius 1 is 1.28 bits per heavy atom. The van der Waals surface area contributed by atoms with Gasteiger partial charge in [0.25, 0.3) is 0 Å². The molecule has 0 aliphatic rings. The van der Waals surface area contributed by atoms with Crippen LogP contribution in [0.3, 0.4) is 0 Å². The van der Waals surface area contributed by atoms with E-state index in [2.05, 4.69) is 15.3 Å². The Hall–Kier alpha value is -1.81. The highest BCUT2D eigenvalue weighted by atomic mass is 35.5. The maximum Gasteiger partial charge on any atom is 0.139 e. The molecule has 4 nitrogen and oxygen atoms in total. The topological polar surface area (TPSA) is 63.8 Å². The molecule has 0 saturated heterocycles. The van der Waals surface area contributed by atoms with Crippen molar-refractivity contribution in [3.05, 3.63) is 40.7 Å². The average Bonchev–Trinajstić information content (AvgIpc) is 2.37. The van der Waals surface area contributed by atoms with Gasteiger partial charge in [-0.1, -0.05) is 30.7 Å². The summed E-state index contributed by atoms with van der Waals surface area (Å²) in [6, 6.07) is 7.51. The van der Waals surface area contributed by atoms with Crippen LogP contribution in [0.5, 0.6) is 0 Å². The van der Waals surface area contributed by atoms with Gasteiger partial charge < -0.3 is 11.1 Å². The van der Waals surface area contributed by atoms with Gasteiger partial charge in [-0.2, -0.15) is 0 Å². The van der Waals surface area contributed by atoms with E-state index in [0.29, 0.717) is 22.5 Å². The van der Waals surface area contributed by atoms with E-state index >= 15 is 0 Å². The van der Waals surface area contributed by atoms with Crippen LogP contribution < -0.4 is 11.1 Å². The maximum absolute atomic E-state index is 6.10. The summed E-state index contributed by atoms with van der Waals surface area (Å²) in [5.41, 5.74) is 7.50. The molecule has 2 aromatic rings. The van der Waals surface area contributed by atoms with Crippen molar-refractivity contribution in [1.29, 1.82) is 0 Å². The van der Waals surface area contributed by atoms with E-state index in [1.165, 1.54) is 0 Å². The fourth-order valence-electron chi connectivity index (χ4n) is 1.55. The lowest BCUT2D eigenvalue weighted by Crippen LogP contribution is -2.06. The van der Waals surface area contributed by atoms with Crippen LogP contribution in [0.25, 0.3) is 0 Å². The molecule has 1 aromatic carbocycles. The predicted octanol–water partition coefficient (Wildman–Crippen LogP) is 3.33. The standard InChI is InChI=1S/C13H15ClN4/c1-3-11-17-12(15)8(2)13(18-11)16-10-7-5-4-6-9(10)14/h4-7H,3H2,1-2H3,(H3,15,16,17,18). The molecule has 1 heterocycles. The summed E-state index contributed by atoms with van der Waals surface area (Å²) in [6.45, 7) is 3.87. The Morgan fingerprint density at radius 3 is 2.67 bits per heavy atom. The van der Waals surface area contributed by atoms with Crippen molar-refractivity contribution in [2.45, 2.75) is 20.3 Å². The van der Waals surface area contributed by atoms with Crippen LogP contribution in [0.2, 0.25) is 5.02 Å². The number of nitrogen functional groups attached to an aromatic ring is 1. The lowest BCUT2D eigenvalue weighted by atomic mass is 10.2. The SMILES string of the molecule is CCc1nc(N)c(C)c(Nc2ccccc2Cl)n1. The number of aryl methyl sites for hydroxylation is 1. The number of hydrogen-bond donors (Lipinski definition) is 2. The molecular formula is C13H15ClN4. The molecular weight excluding hydrogens is 248 g/mol. The van der Waals surface area contributed by atoms with E-state index in [4.69, 9.17) is 17.3 Å². The van der Waals surface area contributed by atoms with Crippen molar-refractivity contribution in [3.63, 3.8) is 0 Å². The maximum atomic E-state index is 6.10. The first-order valence-electron chi connectivity index (χ1n) is 5.76. The number of nitrogens with two attached hydrogens (primary N) is 1. The molecule has 0 aliphatic carbocycles. The zero-order valence-corrected chi connectivity index (χ0v) is 11.1. The molecule has 0 atom stereocenters. The number of aromatic nitrogens is 2. The molecule has 0 saturated carbocycles. The molecule has 5 heteroatoms. The Labute approximate surface area is 111 Å². The molecule has 0 aliphatic heterocycles. The highest BCUT2D eigenvalue weighted by Crippen LogP contribution is 2.27. The highest BCUT2D eigenvalue weighted by molar-refractivity contribution is 6.33. The minimum absolute atomic E-state index is 0.497. The van der Waals surface area contributed by atoms with Gasteiger partial charge >= 0.3 is 0 Å². The zero-order valence-electron chi connectivity index (χ0n) is 10.4. The number of nitrogens with zero attached hydrogens (tertiary/aromatic N) is 2. The van der Waals surface area contributed by atoms with Crippen molar-refractivity contribution in [1.82, 2.24) is 9.97 Å². The van der Waals surface area contributed by atoms with Gasteiger partial charge in [-0.3, -0.25) is 0 Å². The first-order chi connectivity index (χ1) is 8.61. The molecule has 0 amide bonds. The Bertz CT molecular complexity index is 569. The van der Waals surface area contributed by atoms with Crippen LogP contribution in [0, 0.1) is 6.92 Å².